The first-order valence-corrected chi connectivity index (χ1v) is 3.73. The Morgan fingerprint density at radius 1 is 1.50 bits per heavy atom. The Bertz CT molecular complexity index is 278. The molecule has 1 unspecified atom stereocenters. The first-order chi connectivity index (χ1) is 5.65. The van der Waals surface area contributed by atoms with Gasteiger partial charge in [-0.1, -0.05) is 17.7 Å². The molecule has 4 heteroatoms. The Labute approximate surface area is 73.6 Å². The van der Waals surface area contributed by atoms with Gasteiger partial charge in [0.15, 0.2) is 0 Å². The van der Waals surface area contributed by atoms with E-state index < -0.39 is 18.6 Å². The zero-order valence-electron chi connectivity index (χ0n) is 6.10. The first kappa shape index (κ1) is 9.42. The highest BCUT2D eigenvalue weighted by Crippen LogP contribution is 2.25. The van der Waals surface area contributed by atoms with E-state index in [1.54, 1.807) is 0 Å². The van der Waals surface area contributed by atoms with E-state index in [9.17, 15) is 8.78 Å². The molecular weight excluding hydrogens is 186 g/mol. The van der Waals surface area contributed by atoms with E-state index in [2.05, 4.69) is 0 Å². The molecule has 0 fully saturated rings. The maximum atomic E-state index is 12.8. The first-order valence-electron chi connectivity index (χ1n) is 3.35. The van der Waals surface area contributed by atoms with Gasteiger partial charge in [-0.25, -0.2) is 8.78 Å². The van der Waals surface area contributed by atoms with Crippen molar-refractivity contribution in [2.24, 2.45) is 0 Å². The lowest BCUT2D eigenvalue weighted by Crippen LogP contribution is -1.98. The zero-order valence-corrected chi connectivity index (χ0v) is 6.85. The summed E-state index contributed by atoms with van der Waals surface area (Å²) in [7, 11) is 0. The van der Waals surface area contributed by atoms with Gasteiger partial charge >= 0.3 is 0 Å². The largest absolute Gasteiger partial charge is 0.393 e. The van der Waals surface area contributed by atoms with Crippen molar-refractivity contribution in [2.45, 2.75) is 6.17 Å². The van der Waals surface area contributed by atoms with Gasteiger partial charge in [0.05, 0.1) is 6.61 Å². The van der Waals surface area contributed by atoms with Crippen LogP contribution in [0.5, 0.6) is 0 Å². The second-order valence-corrected chi connectivity index (χ2v) is 2.72. The predicted molar refractivity (Wildman–Crippen MR) is 42.3 cm³/mol. The summed E-state index contributed by atoms with van der Waals surface area (Å²) in [5.74, 6) is -0.520. The smallest absolute Gasteiger partial charge is 0.150 e. The molecule has 0 bridgehead atoms. The summed E-state index contributed by atoms with van der Waals surface area (Å²) in [4.78, 5) is 0. The zero-order chi connectivity index (χ0) is 9.14. The van der Waals surface area contributed by atoms with Crippen LogP contribution < -0.4 is 0 Å². The lowest BCUT2D eigenvalue weighted by atomic mass is 10.1. The molecule has 1 atom stereocenters. The number of aliphatic hydroxyl groups is 1. The third kappa shape index (κ3) is 1.93. The van der Waals surface area contributed by atoms with E-state index in [1.807, 2.05) is 0 Å². The maximum absolute atomic E-state index is 12.8. The summed E-state index contributed by atoms with van der Waals surface area (Å²) in [5.41, 5.74) is 0.112. The van der Waals surface area contributed by atoms with Crippen LogP contribution in [0, 0.1) is 5.82 Å². The second kappa shape index (κ2) is 3.83. The van der Waals surface area contributed by atoms with Gasteiger partial charge in [-0.05, 0) is 12.1 Å². The van der Waals surface area contributed by atoms with E-state index in [0.29, 0.717) is 0 Å². The van der Waals surface area contributed by atoms with E-state index in [0.717, 1.165) is 12.1 Å². The maximum Gasteiger partial charge on any atom is 0.150 e. The normalized spacial score (nSPS) is 13.0. The second-order valence-electron chi connectivity index (χ2n) is 2.32. The third-order valence-electron chi connectivity index (χ3n) is 1.46. The average molecular weight is 193 g/mol. The van der Waals surface area contributed by atoms with Crippen LogP contribution in [0.1, 0.15) is 11.7 Å². The van der Waals surface area contributed by atoms with Crippen LogP contribution in [0.2, 0.25) is 5.02 Å². The molecule has 0 amide bonds. The number of benzene rings is 1. The van der Waals surface area contributed by atoms with Gasteiger partial charge < -0.3 is 5.11 Å². The number of rotatable bonds is 2. The standard InChI is InChI=1S/C8H7ClF2O/c9-7-3-5(10)1-2-6(7)8(11)4-12/h1-3,8,12H,4H2. The van der Waals surface area contributed by atoms with Crippen molar-refractivity contribution < 1.29 is 13.9 Å². The minimum atomic E-state index is -1.54. The van der Waals surface area contributed by atoms with Gasteiger partial charge in [-0.15, -0.1) is 0 Å². The average Bonchev–Trinajstić information content (AvgIpc) is 2.03. The van der Waals surface area contributed by atoms with Crippen molar-refractivity contribution >= 4 is 11.6 Å². The minimum absolute atomic E-state index is 0.00319. The van der Waals surface area contributed by atoms with Crippen molar-refractivity contribution in [3.8, 4) is 0 Å². The predicted octanol–water partition coefficient (Wildman–Crippen LogP) is 2.48. The Morgan fingerprint density at radius 2 is 2.17 bits per heavy atom. The Morgan fingerprint density at radius 3 is 2.67 bits per heavy atom. The summed E-state index contributed by atoms with van der Waals surface area (Å²) in [6.07, 6.45) is -1.54. The summed E-state index contributed by atoms with van der Waals surface area (Å²) in [5, 5.41) is 8.45. The van der Waals surface area contributed by atoms with Crippen LogP contribution in [-0.2, 0) is 0 Å². The van der Waals surface area contributed by atoms with Crippen LogP contribution >= 0.6 is 11.6 Å². The molecule has 0 aliphatic rings. The van der Waals surface area contributed by atoms with Crippen LogP contribution in [0.4, 0.5) is 8.78 Å². The monoisotopic (exact) mass is 192 g/mol. The summed E-state index contributed by atoms with van der Waals surface area (Å²) >= 11 is 5.51. The molecule has 0 aromatic heterocycles. The van der Waals surface area contributed by atoms with Gasteiger partial charge in [0, 0.05) is 10.6 Å². The van der Waals surface area contributed by atoms with Gasteiger partial charge in [0.25, 0.3) is 0 Å². The highest BCUT2D eigenvalue weighted by Gasteiger charge is 2.12. The topological polar surface area (TPSA) is 20.2 Å². The molecule has 1 aromatic rings. The van der Waals surface area contributed by atoms with Crippen LogP contribution in [-0.4, -0.2) is 11.7 Å². The van der Waals surface area contributed by atoms with Gasteiger partial charge in [0.2, 0.25) is 0 Å². The summed E-state index contributed by atoms with van der Waals surface area (Å²) in [6, 6.07) is 3.33. The third-order valence-corrected chi connectivity index (χ3v) is 1.79. The molecule has 1 aromatic carbocycles. The van der Waals surface area contributed by atoms with Crippen molar-refractivity contribution in [3.63, 3.8) is 0 Å². The molecular formula is C8H7ClF2O. The van der Waals surface area contributed by atoms with Crippen molar-refractivity contribution in [2.75, 3.05) is 6.61 Å². The SMILES string of the molecule is OCC(F)c1ccc(F)cc1Cl. The number of aliphatic hydroxyl groups excluding tert-OH is 1. The van der Waals surface area contributed by atoms with E-state index in [4.69, 9.17) is 16.7 Å². The van der Waals surface area contributed by atoms with Gasteiger partial charge in [0.1, 0.15) is 12.0 Å². The summed E-state index contributed by atoms with van der Waals surface area (Å²) < 4.78 is 25.2. The number of halogens is 3. The van der Waals surface area contributed by atoms with E-state index >= 15 is 0 Å². The van der Waals surface area contributed by atoms with Crippen molar-refractivity contribution in [1.29, 1.82) is 0 Å². The van der Waals surface area contributed by atoms with E-state index in [-0.39, 0.29) is 10.6 Å². The molecule has 0 aliphatic carbocycles. The fourth-order valence-corrected chi connectivity index (χ4v) is 1.14. The highest BCUT2D eigenvalue weighted by atomic mass is 35.5. The molecule has 0 radical (unpaired) electrons. The Hall–Kier alpha value is -0.670. The lowest BCUT2D eigenvalue weighted by Gasteiger charge is -2.06. The molecule has 12 heavy (non-hydrogen) atoms. The van der Waals surface area contributed by atoms with Crippen LogP contribution in [0.3, 0.4) is 0 Å². The highest BCUT2D eigenvalue weighted by molar-refractivity contribution is 6.31. The fourth-order valence-electron chi connectivity index (χ4n) is 0.854. The van der Waals surface area contributed by atoms with Crippen LogP contribution in [0.25, 0.3) is 0 Å². The molecule has 1 N–H and O–H groups in total. The molecule has 0 saturated heterocycles. The van der Waals surface area contributed by atoms with Gasteiger partial charge in [-0.3, -0.25) is 0 Å². The number of alkyl halides is 1. The fraction of sp³-hybridized carbons (Fsp3) is 0.250. The number of hydrogen-bond donors (Lipinski definition) is 1. The quantitative estimate of drug-likeness (QED) is 0.763. The van der Waals surface area contributed by atoms with E-state index in [1.165, 1.54) is 6.07 Å². The minimum Gasteiger partial charge on any atom is -0.393 e. The van der Waals surface area contributed by atoms with Gasteiger partial charge in [-0.2, -0.15) is 0 Å². The molecule has 0 aliphatic heterocycles. The molecule has 1 nitrogen and oxygen atoms in total. The molecule has 0 spiro atoms. The molecule has 0 heterocycles. The molecule has 66 valence electrons. The lowest BCUT2D eigenvalue weighted by molar-refractivity contribution is 0.180. The molecule has 0 saturated carbocycles. The number of hydrogen-bond acceptors (Lipinski definition) is 1. The summed E-state index contributed by atoms with van der Waals surface area (Å²) in [6.45, 7) is -0.647. The Balaban J connectivity index is 3.01. The van der Waals surface area contributed by atoms with Crippen molar-refractivity contribution in [1.82, 2.24) is 0 Å². The molecule has 1 rings (SSSR count). The van der Waals surface area contributed by atoms with Crippen LogP contribution in [0.15, 0.2) is 18.2 Å². The van der Waals surface area contributed by atoms with Crippen molar-refractivity contribution in [3.05, 3.63) is 34.6 Å². The Kier molecular flexibility index (Phi) is 3.00.